The molecular formula is C25H44O7. The molecule has 0 aromatic heterocycles. The van der Waals surface area contributed by atoms with Gasteiger partial charge < -0.3 is 19.7 Å². The zero-order valence-corrected chi connectivity index (χ0v) is 19.9. The summed E-state index contributed by atoms with van der Waals surface area (Å²) in [4.78, 5) is 33.5. The summed E-state index contributed by atoms with van der Waals surface area (Å²) in [6.45, 7) is 1.49. The Morgan fingerprint density at radius 2 is 1.22 bits per heavy atom. The minimum atomic E-state index is -1.28. The van der Waals surface area contributed by atoms with E-state index in [4.69, 9.17) is 14.6 Å². The van der Waals surface area contributed by atoms with Gasteiger partial charge in [-0.25, -0.2) is 9.59 Å². The maximum Gasteiger partial charge on any atom is 0.331 e. The molecule has 0 rings (SSSR count). The smallest absolute Gasteiger partial charge is 0.331 e. The number of carbonyl (C=O) groups excluding carboxylic acids is 2. The Morgan fingerprint density at radius 3 is 1.66 bits per heavy atom. The first-order valence-electron chi connectivity index (χ1n) is 12.4. The number of aliphatic hydroxyl groups is 1. The van der Waals surface area contributed by atoms with E-state index >= 15 is 0 Å². The average molecular weight is 457 g/mol. The van der Waals surface area contributed by atoms with E-state index in [0.717, 1.165) is 25.3 Å². The topological polar surface area (TPSA) is 110 Å². The van der Waals surface area contributed by atoms with Crippen LogP contribution in [0.15, 0.2) is 12.2 Å². The number of carboxylic acids is 1. The van der Waals surface area contributed by atoms with Gasteiger partial charge in [0.05, 0.1) is 6.61 Å². The lowest BCUT2D eigenvalue weighted by Crippen LogP contribution is -2.28. The van der Waals surface area contributed by atoms with Crippen molar-refractivity contribution in [2.24, 2.45) is 0 Å². The monoisotopic (exact) mass is 456 g/mol. The lowest BCUT2D eigenvalue weighted by Gasteiger charge is -2.14. The Balaban J connectivity index is 3.52. The van der Waals surface area contributed by atoms with Crippen LogP contribution >= 0.6 is 0 Å². The molecule has 0 radical (unpaired) electrons. The van der Waals surface area contributed by atoms with Gasteiger partial charge >= 0.3 is 17.9 Å². The molecule has 2 N–H and O–H groups in total. The average Bonchev–Trinajstić information content (AvgIpc) is 2.77. The SMILES string of the molecule is CCCCCCCCCCCCCCCCCC(=O)OCC(CO)OC(=O)C=CC(=O)O. The second-order valence-electron chi connectivity index (χ2n) is 8.30. The number of esters is 2. The van der Waals surface area contributed by atoms with Crippen LogP contribution in [-0.4, -0.2) is 47.4 Å². The van der Waals surface area contributed by atoms with Gasteiger partial charge in [0.1, 0.15) is 6.61 Å². The van der Waals surface area contributed by atoms with Crippen molar-refractivity contribution >= 4 is 17.9 Å². The summed E-state index contributed by atoms with van der Waals surface area (Å²) in [6.07, 6.45) is 19.5. The molecule has 1 unspecified atom stereocenters. The van der Waals surface area contributed by atoms with E-state index in [2.05, 4.69) is 6.92 Å². The van der Waals surface area contributed by atoms with Crippen LogP contribution in [0.25, 0.3) is 0 Å². The third-order valence-electron chi connectivity index (χ3n) is 5.26. The van der Waals surface area contributed by atoms with Gasteiger partial charge in [-0.3, -0.25) is 4.79 Å². The summed E-state index contributed by atoms with van der Waals surface area (Å²) in [5.74, 6) is -2.59. The fraction of sp³-hybridized carbons (Fsp3) is 0.800. The predicted octanol–water partition coefficient (Wildman–Crippen LogP) is 5.34. The van der Waals surface area contributed by atoms with Crippen molar-refractivity contribution < 1.29 is 34.1 Å². The number of rotatable bonds is 22. The zero-order chi connectivity index (χ0) is 23.9. The maximum absolute atomic E-state index is 11.8. The molecule has 0 amide bonds. The van der Waals surface area contributed by atoms with Crippen molar-refractivity contribution in [1.82, 2.24) is 0 Å². The molecule has 7 heteroatoms. The number of hydrogen-bond donors (Lipinski definition) is 2. The van der Waals surface area contributed by atoms with Crippen molar-refractivity contribution in [3.8, 4) is 0 Å². The summed E-state index contributed by atoms with van der Waals surface area (Å²) in [5, 5.41) is 17.6. The number of aliphatic carboxylic acids is 1. The van der Waals surface area contributed by atoms with Crippen LogP contribution in [0, 0.1) is 0 Å². The molecule has 0 aromatic carbocycles. The van der Waals surface area contributed by atoms with Gasteiger partial charge in [-0.05, 0) is 6.42 Å². The largest absolute Gasteiger partial charge is 0.478 e. The molecule has 0 saturated heterocycles. The van der Waals surface area contributed by atoms with Gasteiger partial charge in [0.15, 0.2) is 6.10 Å². The minimum absolute atomic E-state index is 0.249. The molecule has 186 valence electrons. The number of ether oxygens (including phenoxy) is 2. The van der Waals surface area contributed by atoms with Gasteiger partial charge in [-0.1, -0.05) is 96.8 Å². The van der Waals surface area contributed by atoms with E-state index in [-0.39, 0.29) is 6.61 Å². The lowest BCUT2D eigenvalue weighted by atomic mass is 10.0. The highest BCUT2D eigenvalue weighted by Crippen LogP contribution is 2.13. The van der Waals surface area contributed by atoms with Crippen LogP contribution < -0.4 is 0 Å². The number of aliphatic hydroxyl groups excluding tert-OH is 1. The third kappa shape index (κ3) is 21.3. The molecule has 0 aliphatic heterocycles. The van der Waals surface area contributed by atoms with Gasteiger partial charge in [0, 0.05) is 18.6 Å². The standard InChI is InChI=1S/C25H44O7/c1-2-3-4-5-6-7-8-9-10-11-12-13-14-15-16-17-24(29)31-21-22(20-26)32-25(30)19-18-23(27)28/h18-19,22,26H,2-17,20-21H2,1H3,(H,27,28). The summed E-state index contributed by atoms with van der Waals surface area (Å²) in [7, 11) is 0. The van der Waals surface area contributed by atoms with Crippen LogP contribution in [0.3, 0.4) is 0 Å². The Kier molecular flexibility index (Phi) is 21.0. The number of carboxylic acid groups (broad SMARTS) is 1. The Labute approximate surface area is 193 Å². The molecule has 0 heterocycles. The number of hydrogen-bond acceptors (Lipinski definition) is 6. The fourth-order valence-corrected chi connectivity index (χ4v) is 3.37. The van der Waals surface area contributed by atoms with E-state index in [1.807, 2.05) is 0 Å². The fourth-order valence-electron chi connectivity index (χ4n) is 3.37. The molecule has 0 bridgehead atoms. The molecule has 0 saturated carbocycles. The molecule has 0 aromatic rings. The molecule has 0 aliphatic carbocycles. The van der Waals surface area contributed by atoms with E-state index < -0.39 is 30.6 Å². The lowest BCUT2D eigenvalue weighted by molar-refractivity contribution is -0.157. The highest BCUT2D eigenvalue weighted by Gasteiger charge is 2.15. The van der Waals surface area contributed by atoms with Crippen LogP contribution in [-0.2, 0) is 23.9 Å². The molecule has 7 nitrogen and oxygen atoms in total. The van der Waals surface area contributed by atoms with Crippen molar-refractivity contribution in [3.63, 3.8) is 0 Å². The zero-order valence-electron chi connectivity index (χ0n) is 19.9. The van der Waals surface area contributed by atoms with E-state index in [1.54, 1.807) is 0 Å². The molecule has 32 heavy (non-hydrogen) atoms. The van der Waals surface area contributed by atoms with Crippen LogP contribution in [0.2, 0.25) is 0 Å². The first-order chi connectivity index (χ1) is 15.5. The summed E-state index contributed by atoms with van der Waals surface area (Å²) in [5.41, 5.74) is 0. The normalized spacial score (nSPS) is 12.1. The van der Waals surface area contributed by atoms with E-state index in [0.29, 0.717) is 12.5 Å². The molecule has 0 fully saturated rings. The molecule has 0 spiro atoms. The number of unbranched alkanes of at least 4 members (excludes halogenated alkanes) is 14. The Bertz CT molecular complexity index is 516. The predicted molar refractivity (Wildman–Crippen MR) is 124 cm³/mol. The number of carbonyl (C=O) groups is 3. The third-order valence-corrected chi connectivity index (χ3v) is 5.26. The maximum atomic E-state index is 11.8. The Morgan fingerprint density at radius 1 is 0.750 bits per heavy atom. The van der Waals surface area contributed by atoms with Crippen molar-refractivity contribution in [1.29, 1.82) is 0 Å². The quantitative estimate of drug-likeness (QED) is 0.129. The highest BCUT2D eigenvalue weighted by molar-refractivity contribution is 5.90. The van der Waals surface area contributed by atoms with Crippen LogP contribution in [0.1, 0.15) is 110 Å². The van der Waals surface area contributed by atoms with Crippen LogP contribution in [0.5, 0.6) is 0 Å². The van der Waals surface area contributed by atoms with Gasteiger partial charge in [-0.2, -0.15) is 0 Å². The first-order valence-corrected chi connectivity index (χ1v) is 12.4. The summed E-state index contributed by atoms with van der Waals surface area (Å²) >= 11 is 0. The summed E-state index contributed by atoms with van der Waals surface area (Å²) in [6, 6.07) is 0. The van der Waals surface area contributed by atoms with E-state index in [1.165, 1.54) is 77.0 Å². The van der Waals surface area contributed by atoms with Gasteiger partial charge in [-0.15, -0.1) is 0 Å². The van der Waals surface area contributed by atoms with E-state index in [9.17, 15) is 19.5 Å². The van der Waals surface area contributed by atoms with Gasteiger partial charge in [0.2, 0.25) is 0 Å². The van der Waals surface area contributed by atoms with Crippen molar-refractivity contribution in [2.45, 2.75) is 116 Å². The van der Waals surface area contributed by atoms with Gasteiger partial charge in [0.25, 0.3) is 0 Å². The summed E-state index contributed by atoms with van der Waals surface area (Å²) < 4.78 is 9.84. The molecule has 1 atom stereocenters. The Hall–Kier alpha value is -1.89. The minimum Gasteiger partial charge on any atom is -0.478 e. The highest BCUT2D eigenvalue weighted by atomic mass is 16.6. The molecular weight excluding hydrogens is 412 g/mol. The second kappa shape index (κ2) is 22.3. The van der Waals surface area contributed by atoms with Crippen LogP contribution in [0.4, 0.5) is 0 Å². The molecule has 0 aliphatic rings. The van der Waals surface area contributed by atoms with Crippen molar-refractivity contribution in [2.75, 3.05) is 13.2 Å². The second-order valence-corrected chi connectivity index (χ2v) is 8.30. The van der Waals surface area contributed by atoms with Crippen molar-refractivity contribution in [3.05, 3.63) is 12.2 Å². The first kappa shape index (κ1) is 30.1.